The molecule has 1 aromatic carbocycles. The SMILES string of the molecule is N#C[C@H](C[C@H]1CCNC1=O)NC(=O)[C@@H]1[C@@H]2CC[C@@H](CC2(F)F)N1C(=O)C(F)(F)c1cc(Cl)cc(Cl)c1. The minimum absolute atomic E-state index is 0.0199. The van der Waals surface area contributed by atoms with Gasteiger partial charge in [-0.1, -0.05) is 23.2 Å². The van der Waals surface area contributed by atoms with Gasteiger partial charge in [-0.15, -0.1) is 0 Å². The number of piperidine rings is 2. The number of rotatable bonds is 6. The number of nitrogens with one attached hydrogen (secondary N) is 2. The summed E-state index contributed by atoms with van der Waals surface area (Å²) in [4.78, 5) is 38.8. The Hall–Kier alpha value is -2.58. The van der Waals surface area contributed by atoms with Crippen LogP contribution in [0.2, 0.25) is 10.0 Å². The number of carbonyl (C=O) groups excluding carboxylic acids is 3. The number of nitrogens with zero attached hydrogens (tertiary/aromatic N) is 2. The first-order chi connectivity index (χ1) is 16.8. The van der Waals surface area contributed by atoms with E-state index in [1.165, 1.54) is 6.07 Å². The second-order valence-electron chi connectivity index (χ2n) is 9.40. The van der Waals surface area contributed by atoms with Gasteiger partial charge in [-0.3, -0.25) is 14.4 Å². The molecule has 4 fully saturated rings. The van der Waals surface area contributed by atoms with Crippen molar-refractivity contribution < 1.29 is 31.9 Å². The minimum atomic E-state index is -4.21. The molecule has 7 nitrogen and oxygen atoms in total. The molecule has 36 heavy (non-hydrogen) atoms. The normalized spacial score (nSPS) is 27.8. The summed E-state index contributed by atoms with van der Waals surface area (Å²) in [6.45, 7) is 0.402. The predicted molar refractivity (Wildman–Crippen MR) is 120 cm³/mol. The van der Waals surface area contributed by atoms with Crippen LogP contribution in [0.5, 0.6) is 0 Å². The van der Waals surface area contributed by atoms with E-state index in [2.05, 4.69) is 10.6 Å². The first kappa shape index (κ1) is 26.5. The Bertz CT molecular complexity index is 1110. The number of fused-ring (bicyclic) bond motifs is 3. The first-order valence-corrected chi connectivity index (χ1v) is 12.1. The van der Waals surface area contributed by atoms with E-state index in [0.29, 0.717) is 17.9 Å². The number of carbonyl (C=O) groups is 3. The van der Waals surface area contributed by atoms with Crippen LogP contribution in [-0.2, 0) is 20.3 Å². The molecule has 194 valence electrons. The second-order valence-corrected chi connectivity index (χ2v) is 10.3. The Morgan fingerprint density at radius 3 is 2.44 bits per heavy atom. The van der Waals surface area contributed by atoms with Crippen LogP contribution in [0.1, 0.15) is 37.7 Å². The number of nitriles is 1. The molecule has 3 heterocycles. The summed E-state index contributed by atoms with van der Waals surface area (Å²) in [5.41, 5.74) is -0.834. The molecule has 0 spiro atoms. The lowest BCUT2D eigenvalue weighted by atomic mass is 9.71. The third-order valence-electron chi connectivity index (χ3n) is 7.09. The molecule has 2 bridgehead atoms. The van der Waals surface area contributed by atoms with Crippen LogP contribution in [0.25, 0.3) is 0 Å². The topological polar surface area (TPSA) is 102 Å². The van der Waals surface area contributed by atoms with Crippen LogP contribution in [0.4, 0.5) is 17.6 Å². The highest BCUT2D eigenvalue weighted by atomic mass is 35.5. The highest BCUT2D eigenvalue weighted by Gasteiger charge is 2.63. The Morgan fingerprint density at radius 1 is 1.22 bits per heavy atom. The van der Waals surface area contributed by atoms with Crippen molar-refractivity contribution in [3.63, 3.8) is 0 Å². The van der Waals surface area contributed by atoms with Crippen LogP contribution in [-0.4, -0.2) is 53.2 Å². The first-order valence-electron chi connectivity index (χ1n) is 11.4. The molecule has 3 amide bonds. The van der Waals surface area contributed by atoms with Crippen molar-refractivity contribution in [1.82, 2.24) is 15.5 Å². The van der Waals surface area contributed by atoms with Crippen molar-refractivity contribution >= 4 is 40.9 Å². The highest BCUT2D eigenvalue weighted by molar-refractivity contribution is 6.34. The van der Waals surface area contributed by atoms with E-state index < -0.39 is 65.6 Å². The summed E-state index contributed by atoms with van der Waals surface area (Å²) in [7, 11) is 0. The van der Waals surface area contributed by atoms with Gasteiger partial charge in [0.15, 0.2) is 0 Å². The number of hydrogen-bond donors (Lipinski definition) is 2. The number of benzene rings is 1. The lowest BCUT2D eigenvalue weighted by molar-refractivity contribution is -0.207. The molecule has 3 aliphatic heterocycles. The van der Waals surface area contributed by atoms with Gasteiger partial charge >= 0.3 is 5.92 Å². The average Bonchev–Trinajstić information content (AvgIpc) is 3.20. The van der Waals surface area contributed by atoms with Crippen LogP contribution in [0.3, 0.4) is 0 Å². The fraction of sp³-hybridized carbons (Fsp3) is 0.565. The number of amides is 3. The molecule has 0 aromatic heterocycles. The summed E-state index contributed by atoms with van der Waals surface area (Å²) in [5.74, 6) is -13.1. The summed E-state index contributed by atoms with van der Waals surface area (Å²) >= 11 is 11.6. The van der Waals surface area contributed by atoms with E-state index in [1.54, 1.807) is 0 Å². The van der Waals surface area contributed by atoms with Gasteiger partial charge in [0, 0.05) is 40.5 Å². The van der Waals surface area contributed by atoms with Gasteiger partial charge in [0.05, 0.1) is 12.0 Å². The van der Waals surface area contributed by atoms with Crippen LogP contribution in [0.15, 0.2) is 18.2 Å². The smallest absolute Gasteiger partial charge is 0.350 e. The Balaban J connectivity index is 1.63. The van der Waals surface area contributed by atoms with Crippen LogP contribution >= 0.6 is 23.2 Å². The predicted octanol–water partition coefficient (Wildman–Crippen LogP) is 3.63. The van der Waals surface area contributed by atoms with Crippen molar-refractivity contribution in [2.24, 2.45) is 11.8 Å². The third kappa shape index (κ3) is 4.85. The Morgan fingerprint density at radius 2 is 1.89 bits per heavy atom. The molecular formula is C23H22Cl2F4N4O3. The molecule has 0 unspecified atom stereocenters. The number of halogens is 6. The zero-order chi connectivity index (χ0) is 26.4. The second kappa shape index (κ2) is 9.71. The molecule has 5 rings (SSSR count). The molecule has 1 saturated carbocycles. The standard InChI is InChI=1S/C23H22Cl2F4N4O3/c24-13-6-12(7-14(25)8-13)23(28,29)21(36)33-16-1-2-17(22(26,27)9-16)18(33)20(35)32-15(10-30)5-11-3-4-31-19(11)34/h6-8,11,15-18H,1-5,9H2,(H,31,34)(H,32,35)/t11-,15+,16+,17+,18+/m1/s1. The summed E-state index contributed by atoms with van der Waals surface area (Å²) in [6, 6.07) is 0.232. The van der Waals surface area contributed by atoms with Gasteiger partial charge in [-0.25, -0.2) is 8.78 Å². The van der Waals surface area contributed by atoms with Crippen molar-refractivity contribution in [3.05, 3.63) is 33.8 Å². The van der Waals surface area contributed by atoms with Gasteiger partial charge in [0.25, 0.3) is 11.8 Å². The molecule has 4 aliphatic rings. The van der Waals surface area contributed by atoms with Gasteiger partial charge < -0.3 is 15.5 Å². The lowest BCUT2D eigenvalue weighted by Gasteiger charge is -2.54. The number of hydrogen-bond acceptors (Lipinski definition) is 4. The zero-order valence-electron chi connectivity index (χ0n) is 18.7. The minimum Gasteiger partial charge on any atom is -0.356 e. The highest BCUT2D eigenvalue weighted by Crippen LogP contribution is 2.50. The monoisotopic (exact) mass is 548 g/mol. The average molecular weight is 549 g/mol. The van der Waals surface area contributed by atoms with Crippen LogP contribution in [0, 0.1) is 23.2 Å². The molecule has 0 radical (unpaired) electrons. The number of alkyl halides is 4. The molecule has 5 atom stereocenters. The maximum absolute atomic E-state index is 15.4. The van der Waals surface area contributed by atoms with Gasteiger partial charge in [-0.05, 0) is 43.9 Å². The third-order valence-corrected chi connectivity index (χ3v) is 7.52. The quantitative estimate of drug-likeness (QED) is 0.530. The van der Waals surface area contributed by atoms with Crippen molar-refractivity contribution in [3.8, 4) is 6.07 Å². The van der Waals surface area contributed by atoms with Gasteiger partial charge in [-0.2, -0.15) is 14.0 Å². The Kier molecular flexibility index (Phi) is 7.14. The largest absolute Gasteiger partial charge is 0.356 e. The van der Waals surface area contributed by atoms with Crippen LogP contribution < -0.4 is 10.6 Å². The maximum Gasteiger partial charge on any atom is 0.350 e. The molecule has 1 aliphatic carbocycles. The zero-order valence-corrected chi connectivity index (χ0v) is 20.3. The van der Waals surface area contributed by atoms with E-state index in [1.807, 2.05) is 6.07 Å². The van der Waals surface area contributed by atoms with E-state index in [0.717, 1.165) is 12.1 Å². The molecule has 3 saturated heterocycles. The summed E-state index contributed by atoms with van der Waals surface area (Å²) in [5, 5.41) is 14.1. The fourth-order valence-electron chi connectivity index (χ4n) is 5.38. The molecule has 1 aromatic rings. The van der Waals surface area contributed by atoms with E-state index in [-0.39, 0.29) is 35.2 Å². The molecule has 13 heteroatoms. The summed E-state index contributed by atoms with van der Waals surface area (Å²) in [6.07, 6.45) is -0.638. The van der Waals surface area contributed by atoms with E-state index in [9.17, 15) is 28.4 Å². The van der Waals surface area contributed by atoms with Gasteiger partial charge in [0.1, 0.15) is 12.1 Å². The van der Waals surface area contributed by atoms with Crippen molar-refractivity contribution in [2.75, 3.05) is 6.54 Å². The Labute approximate surface area is 214 Å². The molecule has 2 N–H and O–H groups in total. The lowest BCUT2D eigenvalue weighted by Crippen LogP contribution is -2.70. The van der Waals surface area contributed by atoms with Crippen molar-refractivity contribution in [2.45, 2.75) is 62.1 Å². The molecular weight excluding hydrogens is 527 g/mol. The van der Waals surface area contributed by atoms with E-state index in [4.69, 9.17) is 23.2 Å². The maximum atomic E-state index is 15.4. The van der Waals surface area contributed by atoms with Gasteiger partial charge in [0.2, 0.25) is 11.8 Å². The summed E-state index contributed by atoms with van der Waals surface area (Å²) < 4.78 is 60.4. The van der Waals surface area contributed by atoms with E-state index >= 15 is 8.78 Å². The fourth-order valence-corrected chi connectivity index (χ4v) is 5.90. The van der Waals surface area contributed by atoms with Crippen molar-refractivity contribution in [1.29, 1.82) is 5.26 Å².